The van der Waals surface area contributed by atoms with Gasteiger partial charge in [0.05, 0.1) is 29.0 Å². The van der Waals surface area contributed by atoms with Crippen LogP contribution in [0.3, 0.4) is 0 Å². The second kappa shape index (κ2) is 11.0. The Labute approximate surface area is 247 Å². The predicted octanol–water partition coefficient (Wildman–Crippen LogP) is 8.48. The van der Waals surface area contributed by atoms with E-state index >= 15 is 0 Å². The van der Waals surface area contributed by atoms with E-state index in [2.05, 4.69) is 10.3 Å². The van der Waals surface area contributed by atoms with Gasteiger partial charge in [0, 0.05) is 23.3 Å². The van der Waals surface area contributed by atoms with Crippen molar-refractivity contribution in [3.8, 4) is 17.2 Å². The summed E-state index contributed by atoms with van der Waals surface area (Å²) in [7, 11) is 0. The number of anilines is 1. The van der Waals surface area contributed by atoms with Crippen LogP contribution in [0.5, 0.6) is 11.5 Å². The molecule has 0 amide bonds. The first-order chi connectivity index (χ1) is 20.2. The number of thiocarbonyl (C=S) groups is 1. The molecule has 42 heavy (non-hydrogen) atoms. The minimum atomic E-state index is -4.50. The summed E-state index contributed by atoms with van der Waals surface area (Å²) < 4.78 is 49.7. The Morgan fingerprint density at radius 1 is 0.833 bits per heavy atom. The zero-order valence-electron chi connectivity index (χ0n) is 22.8. The second-order valence-electron chi connectivity index (χ2n) is 10.1. The van der Waals surface area contributed by atoms with Crippen LogP contribution in [0, 0.1) is 13.8 Å². The van der Waals surface area contributed by atoms with Crippen molar-refractivity contribution in [2.24, 2.45) is 0 Å². The van der Waals surface area contributed by atoms with E-state index in [0.29, 0.717) is 22.2 Å². The number of pyridine rings is 1. The number of hydrogen-bond donors (Lipinski definition) is 1. The highest BCUT2D eigenvalue weighted by Crippen LogP contribution is 2.45. The number of ether oxygens (including phenoxy) is 1. The summed E-state index contributed by atoms with van der Waals surface area (Å²) in [6.07, 6.45) is -2.78. The van der Waals surface area contributed by atoms with Crippen molar-refractivity contribution in [3.05, 3.63) is 138 Å². The highest BCUT2D eigenvalue weighted by molar-refractivity contribution is 7.80. The Hall–Kier alpha value is -4.63. The molecule has 5 nitrogen and oxygen atoms in total. The van der Waals surface area contributed by atoms with Gasteiger partial charge < -0.3 is 19.5 Å². The van der Waals surface area contributed by atoms with Crippen molar-refractivity contribution in [2.45, 2.75) is 32.1 Å². The number of aryl methyl sites for hydroxylation is 1. The van der Waals surface area contributed by atoms with Crippen LogP contribution >= 0.6 is 12.2 Å². The first kappa shape index (κ1) is 27.5. The number of nitrogens with one attached hydrogen (secondary N) is 1. The Morgan fingerprint density at radius 3 is 2.19 bits per heavy atom. The molecule has 0 aliphatic carbocycles. The van der Waals surface area contributed by atoms with Crippen molar-refractivity contribution >= 4 is 23.0 Å². The Balaban J connectivity index is 1.45. The van der Waals surface area contributed by atoms with Gasteiger partial charge in [-0.25, -0.2) is 0 Å². The van der Waals surface area contributed by atoms with Crippen LogP contribution in [-0.4, -0.2) is 14.7 Å². The first-order valence-electron chi connectivity index (χ1n) is 13.4. The smallest absolute Gasteiger partial charge is 0.418 e. The molecule has 3 aromatic carbocycles. The molecule has 1 aliphatic heterocycles. The number of halogens is 3. The summed E-state index contributed by atoms with van der Waals surface area (Å²) in [6, 6.07) is 29.6. The van der Waals surface area contributed by atoms with Gasteiger partial charge >= 0.3 is 6.18 Å². The maximum atomic E-state index is 14.0. The van der Waals surface area contributed by atoms with Crippen LogP contribution in [0.15, 0.2) is 109 Å². The van der Waals surface area contributed by atoms with Gasteiger partial charge in [-0.05, 0) is 98.4 Å². The topological polar surface area (TPSA) is 42.3 Å². The zero-order chi connectivity index (χ0) is 29.4. The molecule has 6 rings (SSSR count). The molecule has 0 radical (unpaired) electrons. The van der Waals surface area contributed by atoms with Crippen molar-refractivity contribution in [3.63, 3.8) is 0 Å². The Morgan fingerprint density at radius 2 is 1.50 bits per heavy atom. The van der Waals surface area contributed by atoms with Gasteiger partial charge in [0.15, 0.2) is 5.11 Å². The number of benzene rings is 3. The molecule has 0 spiro atoms. The van der Waals surface area contributed by atoms with Crippen LogP contribution < -0.4 is 15.0 Å². The Bertz CT molecular complexity index is 1720. The van der Waals surface area contributed by atoms with E-state index in [-0.39, 0.29) is 17.8 Å². The molecule has 1 saturated heterocycles. The summed E-state index contributed by atoms with van der Waals surface area (Å²) in [4.78, 5) is 6.60. The van der Waals surface area contributed by atoms with Crippen molar-refractivity contribution in [1.82, 2.24) is 14.9 Å². The van der Waals surface area contributed by atoms with Crippen molar-refractivity contribution in [2.75, 3.05) is 4.90 Å². The van der Waals surface area contributed by atoms with Gasteiger partial charge in [-0.2, -0.15) is 13.2 Å². The fourth-order valence-corrected chi connectivity index (χ4v) is 5.96. The van der Waals surface area contributed by atoms with E-state index < -0.39 is 11.7 Å². The number of aromatic nitrogens is 2. The summed E-state index contributed by atoms with van der Waals surface area (Å²) in [5.41, 5.74) is 3.21. The lowest BCUT2D eigenvalue weighted by Crippen LogP contribution is -2.29. The molecule has 5 aromatic rings. The van der Waals surface area contributed by atoms with Crippen LogP contribution in [0.4, 0.5) is 18.9 Å². The molecule has 2 atom stereocenters. The molecule has 0 bridgehead atoms. The van der Waals surface area contributed by atoms with E-state index in [0.717, 1.165) is 28.8 Å². The van der Waals surface area contributed by atoms with Gasteiger partial charge in [-0.3, -0.25) is 4.98 Å². The lowest BCUT2D eigenvalue weighted by atomic mass is 9.96. The summed E-state index contributed by atoms with van der Waals surface area (Å²) >= 11 is 5.86. The van der Waals surface area contributed by atoms with Gasteiger partial charge in [0.2, 0.25) is 0 Å². The molecule has 1 N–H and O–H groups in total. The average molecular weight is 585 g/mol. The van der Waals surface area contributed by atoms with Gasteiger partial charge in [-0.1, -0.05) is 36.4 Å². The fourth-order valence-electron chi connectivity index (χ4n) is 5.61. The molecule has 1 fully saturated rings. The minimum Gasteiger partial charge on any atom is -0.457 e. The predicted molar refractivity (Wildman–Crippen MR) is 161 cm³/mol. The molecule has 9 heteroatoms. The average Bonchev–Trinajstić information content (AvgIpc) is 3.48. The largest absolute Gasteiger partial charge is 0.457 e. The number of nitrogens with zero attached hydrogens (tertiary/aromatic N) is 3. The minimum absolute atomic E-state index is 0.0862. The Kier molecular flexibility index (Phi) is 7.20. The molecule has 2 aromatic heterocycles. The lowest BCUT2D eigenvalue weighted by molar-refractivity contribution is -0.137. The quantitative estimate of drug-likeness (QED) is 0.203. The summed E-state index contributed by atoms with van der Waals surface area (Å²) in [6.45, 7) is 3.67. The van der Waals surface area contributed by atoms with Gasteiger partial charge in [0.25, 0.3) is 0 Å². The molecule has 3 heterocycles. The van der Waals surface area contributed by atoms with E-state index in [4.69, 9.17) is 17.0 Å². The second-order valence-corrected chi connectivity index (χ2v) is 10.5. The molecular weight excluding hydrogens is 557 g/mol. The van der Waals surface area contributed by atoms with Crippen LogP contribution in [0.2, 0.25) is 0 Å². The van der Waals surface area contributed by atoms with Crippen molar-refractivity contribution < 1.29 is 17.9 Å². The van der Waals surface area contributed by atoms with E-state index in [1.54, 1.807) is 16.8 Å². The highest BCUT2D eigenvalue weighted by Gasteiger charge is 2.43. The number of hydrogen-bond acceptors (Lipinski definition) is 3. The van der Waals surface area contributed by atoms with Crippen LogP contribution in [0.1, 0.15) is 40.3 Å². The third-order valence-electron chi connectivity index (χ3n) is 7.43. The standard InChI is InChI=1S/C33H27F3N4OS/c1-21-20-26(22(2)39(21)29-14-7-6-12-27(29)33(34,35)36)31-30(28-13-8-9-19-37-28)38-32(42)40(31)23-15-17-25(18-16-23)41-24-10-4-3-5-11-24/h3-20,30-31H,1-2H3,(H,38,42)/t30-,31+/m0/s1. The number of rotatable bonds is 6. The number of para-hydroxylation sites is 2. The third kappa shape index (κ3) is 5.12. The fraction of sp³-hybridized carbons (Fsp3) is 0.152. The molecule has 212 valence electrons. The maximum absolute atomic E-state index is 14.0. The van der Waals surface area contributed by atoms with Crippen LogP contribution in [-0.2, 0) is 6.18 Å². The van der Waals surface area contributed by atoms with Gasteiger partial charge in [-0.15, -0.1) is 0 Å². The molecule has 1 aliphatic rings. The van der Waals surface area contributed by atoms with Crippen LogP contribution in [0.25, 0.3) is 5.69 Å². The summed E-state index contributed by atoms with van der Waals surface area (Å²) in [5, 5.41) is 3.92. The number of alkyl halides is 3. The first-order valence-corrected chi connectivity index (χ1v) is 13.8. The van der Waals surface area contributed by atoms with Crippen molar-refractivity contribution in [1.29, 1.82) is 0 Å². The maximum Gasteiger partial charge on any atom is 0.418 e. The van der Waals surface area contributed by atoms with E-state index in [1.807, 2.05) is 97.6 Å². The monoisotopic (exact) mass is 584 g/mol. The van der Waals surface area contributed by atoms with Gasteiger partial charge in [0.1, 0.15) is 11.5 Å². The normalized spacial score (nSPS) is 16.9. The molecule has 0 saturated carbocycles. The van der Waals surface area contributed by atoms with E-state index in [1.165, 1.54) is 12.1 Å². The summed E-state index contributed by atoms with van der Waals surface area (Å²) in [5.74, 6) is 1.39. The lowest BCUT2D eigenvalue weighted by Gasteiger charge is -2.28. The molecular formula is C33H27F3N4OS. The highest BCUT2D eigenvalue weighted by atomic mass is 32.1. The van der Waals surface area contributed by atoms with E-state index in [9.17, 15) is 13.2 Å². The SMILES string of the molecule is Cc1cc([C@@H]2[C@H](c3ccccn3)NC(=S)N2c2ccc(Oc3ccccc3)cc2)c(C)n1-c1ccccc1C(F)(F)F. The zero-order valence-corrected chi connectivity index (χ0v) is 23.7. The third-order valence-corrected chi connectivity index (χ3v) is 7.75. The molecule has 0 unspecified atom stereocenters.